The van der Waals surface area contributed by atoms with Gasteiger partial charge in [0.25, 0.3) is 0 Å². The fraction of sp³-hybridized carbons (Fsp3) is 0.0833. The van der Waals surface area contributed by atoms with Crippen molar-refractivity contribution in [2.24, 2.45) is 0 Å². The molecule has 5 rings (SSSR count). The van der Waals surface area contributed by atoms with Crippen LogP contribution in [0.15, 0.2) is 66.9 Å². The number of aromatic nitrogens is 3. The molecular formula is C24H20N4O. The molecule has 3 aromatic heterocycles. The summed E-state index contributed by atoms with van der Waals surface area (Å²) in [5, 5.41) is 0. The van der Waals surface area contributed by atoms with Crippen LogP contribution >= 0.6 is 0 Å². The van der Waals surface area contributed by atoms with Crippen molar-refractivity contribution in [3.63, 3.8) is 0 Å². The topological polar surface area (TPSA) is 76.2 Å². The molecule has 0 unspecified atom stereocenters. The lowest BCUT2D eigenvalue weighted by Gasteiger charge is -2.04. The van der Waals surface area contributed by atoms with E-state index >= 15 is 0 Å². The second-order valence-electron chi connectivity index (χ2n) is 7.39. The molecule has 3 heterocycles. The van der Waals surface area contributed by atoms with Crippen molar-refractivity contribution in [1.29, 1.82) is 0 Å². The molecule has 0 aliphatic heterocycles. The van der Waals surface area contributed by atoms with Crippen molar-refractivity contribution in [2.45, 2.75) is 13.8 Å². The number of nitrogens with two attached hydrogens (primary N) is 1. The molecule has 0 saturated carbocycles. The Bertz CT molecular complexity index is 1390. The van der Waals surface area contributed by atoms with Crippen LogP contribution in [-0.2, 0) is 0 Å². The number of nitrogen functional groups attached to an aromatic ring is 1. The number of carbonyl (C=O) groups excluding carboxylic acids is 1. The first kappa shape index (κ1) is 17.3. The Morgan fingerprint density at radius 2 is 1.76 bits per heavy atom. The van der Waals surface area contributed by atoms with E-state index in [1.54, 1.807) is 0 Å². The molecule has 5 aromatic rings. The first-order valence-electron chi connectivity index (χ1n) is 9.49. The standard InChI is InChI=1S/C24H20N4O/c1-14-6-9-16(10-7-14)23(29)22-21(25)20(19-5-3-4-12-28(19)22)24-26-17-11-8-15(2)13-18(17)27-24/h3-13H,25H2,1-2H3,(H,26,27). The molecule has 142 valence electrons. The van der Waals surface area contributed by atoms with E-state index in [1.807, 2.05) is 79.0 Å². The van der Waals surface area contributed by atoms with Gasteiger partial charge in [-0.2, -0.15) is 0 Å². The van der Waals surface area contributed by atoms with Crippen LogP contribution in [0.25, 0.3) is 27.9 Å². The van der Waals surface area contributed by atoms with Crippen LogP contribution in [0, 0.1) is 13.8 Å². The highest BCUT2D eigenvalue weighted by Gasteiger charge is 2.24. The zero-order chi connectivity index (χ0) is 20.1. The number of nitrogens with zero attached hydrogens (tertiary/aromatic N) is 2. The zero-order valence-corrected chi connectivity index (χ0v) is 16.2. The fourth-order valence-corrected chi connectivity index (χ4v) is 3.79. The van der Waals surface area contributed by atoms with Gasteiger partial charge in [-0.25, -0.2) is 4.98 Å². The predicted octanol–water partition coefficient (Wildman–Crippen LogP) is 4.91. The van der Waals surface area contributed by atoms with Crippen molar-refractivity contribution >= 4 is 28.0 Å². The van der Waals surface area contributed by atoms with Crippen LogP contribution in [0.5, 0.6) is 0 Å². The molecule has 0 aliphatic carbocycles. The van der Waals surface area contributed by atoms with E-state index in [1.165, 1.54) is 0 Å². The van der Waals surface area contributed by atoms with E-state index in [0.717, 1.165) is 33.2 Å². The van der Waals surface area contributed by atoms with Gasteiger partial charge in [0.1, 0.15) is 11.5 Å². The van der Waals surface area contributed by atoms with Gasteiger partial charge in [0.2, 0.25) is 5.78 Å². The highest BCUT2D eigenvalue weighted by molar-refractivity contribution is 6.15. The molecule has 5 nitrogen and oxygen atoms in total. The molecule has 29 heavy (non-hydrogen) atoms. The highest BCUT2D eigenvalue weighted by Crippen LogP contribution is 2.36. The average molecular weight is 380 g/mol. The van der Waals surface area contributed by atoms with E-state index in [0.29, 0.717) is 22.8 Å². The normalized spacial score (nSPS) is 11.4. The number of nitrogens with one attached hydrogen (secondary N) is 1. The van der Waals surface area contributed by atoms with Crippen LogP contribution in [0.4, 0.5) is 5.69 Å². The van der Waals surface area contributed by atoms with Gasteiger partial charge >= 0.3 is 0 Å². The van der Waals surface area contributed by atoms with Gasteiger partial charge in [-0.3, -0.25) is 4.79 Å². The second kappa shape index (κ2) is 6.34. The summed E-state index contributed by atoms with van der Waals surface area (Å²) >= 11 is 0. The summed E-state index contributed by atoms with van der Waals surface area (Å²) in [7, 11) is 0. The molecule has 0 fully saturated rings. The van der Waals surface area contributed by atoms with Crippen molar-refractivity contribution < 1.29 is 4.79 Å². The van der Waals surface area contributed by atoms with Crippen LogP contribution in [0.2, 0.25) is 0 Å². The number of hydrogen-bond acceptors (Lipinski definition) is 3. The smallest absolute Gasteiger partial charge is 0.211 e. The van der Waals surface area contributed by atoms with Crippen LogP contribution < -0.4 is 5.73 Å². The number of pyridine rings is 1. The molecule has 0 spiro atoms. The second-order valence-corrected chi connectivity index (χ2v) is 7.39. The SMILES string of the molecule is Cc1ccc(C(=O)c2c(N)c(-c3nc4ccc(C)cc4[nH]3)c3ccccn23)cc1. The summed E-state index contributed by atoms with van der Waals surface area (Å²) in [5.74, 6) is 0.552. The lowest BCUT2D eigenvalue weighted by atomic mass is 10.0. The third kappa shape index (κ3) is 2.70. The third-order valence-corrected chi connectivity index (χ3v) is 5.28. The Labute approximate surface area is 167 Å². The number of carbonyl (C=O) groups is 1. The van der Waals surface area contributed by atoms with Crippen LogP contribution in [0.1, 0.15) is 27.2 Å². The maximum atomic E-state index is 13.3. The number of ketones is 1. The van der Waals surface area contributed by atoms with Gasteiger partial charge < -0.3 is 15.1 Å². The Morgan fingerprint density at radius 3 is 2.55 bits per heavy atom. The summed E-state index contributed by atoms with van der Waals surface area (Å²) in [6.07, 6.45) is 1.86. The maximum Gasteiger partial charge on any atom is 0.211 e. The number of rotatable bonds is 3. The average Bonchev–Trinajstić information content (AvgIpc) is 3.25. The molecule has 3 N–H and O–H groups in total. The number of aryl methyl sites for hydroxylation is 2. The molecule has 0 bridgehead atoms. The monoisotopic (exact) mass is 380 g/mol. The molecule has 0 aliphatic rings. The van der Waals surface area contributed by atoms with Gasteiger partial charge in [0.05, 0.1) is 27.8 Å². The van der Waals surface area contributed by atoms with Gasteiger partial charge in [0.15, 0.2) is 0 Å². The molecule has 0 amide bonds. The number of H-pyrrole nitrogens is 1. The number of aromatic amines is 1. The lowest BCUT2D eigenvalue weighted by molar-refractivity contribution is 0.103. The van der Waals surface area contributed by atoms with Gasteiger partial charge in [-0.1, -0.05) is 42.0 Å². The molecular weight excluding hydrogens is 360 g/mol. The Balaban J connectivity index is 1.75. The first-order valence-corrected chi connectivity index (χ1v) is 9.49. The summed E-state index contributed by atoms with van der Waals surface area (Å²) < 4.78 is 1.85. The number of fused-ring (bicyclic) bond motifs is 2. The van der Waals surface area contributed by atoms with E-state index < -0.39 is 0 Å². The molecule has 2 aromatic carbocycles. The lowest BCUT2D eigenvalue weighted by Crippen LogP contribution is -2.08. The fourth-order valence-electron chi connectivity index (χ4n) is 3.79. The van der Waals surface area contributed by atoms with Crippen molar-refractivity contribution in [2.75, 3.05) is 5.73 Å². The number of anilines is 1. The van der Waals surface area contributed by atoms with E-state index in [-0.39, 0.29) is 5.78 Å². The van der Waals surface area contributed by atoms with Crippen molar-refractivity contribution in [3.8, 4) is 11.4 Å². The first-order chi connectivity index (χ1) is 14.0. The highest BCUT2D eigenvalue weighted by atomic mass is 16.1. The molecule has 0 radical (unpaired) electrons. The zero-order valence-electron chi connectivity index (χ0n) is 16.2. The third-order valence-electron chi connectivity index (χ3n) is 5.28. The predicted molar refractivity (Wildman–Crippen MR) is 116 cm³/mol. The minimum Gasteiger partial charge on any atom is -0.396 e. The minimum absolute atomic E-state index is 0.109. The van der Waals surface area contributed by atoms with Crippen molar-refractivity contribution in [3.05, 3.63) is 89.2 Å². The summed E-state index contributed by atoms with van der Waals surface area (Å²) in [6, 6.07) is 19.4. The largest absolute Gasteiger partial charge is 0.396 e. The summed E-state index contributed by atoms with van der Waals surface area (Å²) in [6.45, 7) is 4.04. The Hall–Kier alpha value is -3.86. The van der Waals surface area contributed by atoms with Crippen LogP contribution in [0.3, 0.4) is 0 Å². The van der Waals surface area contributed by atoms with Gasteiger partial charge in [-0.05, 0) is 43.7 Å². The van der Waals surface area contributed by atoms with Crippen LogP contribution in [-0.4, -0.2) is 20.2 Å². The van der Waals surface area contributed by atoms with Crippen molar-refractivity contribution in [1.82, 2.24) is 14.4 Å². The maximum absolute atomic E-state index is 13.3. The summed E-state index contributed by atoms with van der Waals surface area (Å²) in [5.41, 5.74) is 13.7. The van der Waals surface area contributed by atoms with E-state index in [9.17, 15) is 4.79 Å². The molecule has 5 heteroatoms. The minimum atomic E-state index is -0.109. The molecule has 0 saturated heterocycles. The molecule has 0 atom stereocenters. The quantitative estimate of drug-likeness (QED) is 0.437. The van der Waals surface area contributed by atoms with Gasteiger partial charge in [0, 0.05) is 11.8 Å². The Morgan fingerprint density at radius 1 is 1.00 bits per heavy atom. The van der Waals surface area contributed by atoms with Gasteiger partial charge in [-0.15, -0.1) is 0 Å². The number of benzene rings is 2. The Kier molecular flexibility index (Phi) is 3.77. The summed E-state index contributed by atoms with van der Waals surface area (Å²) in [4.78, 5) is 21.4. The number of hydrogen-bond donors (Lipinski definition) is 2. The number of imidazole rings is 1. The van der Waals surface area contributed by atoms with E-state index in [2.05, 4.69) is 11.1 Å². The van der Waals surface area contributed by atoms with E-state index in [4.69, 9.17) is 10.7 Å².